The molecule has 2 N–H and O–H groups in total. The molecule has 1 aliphatic heterocycles. The predicted molar refractivity (Wildman–Crippen MR) is 81.3 cm³/mol. The zero-order valence-corrected chi connectivity index (χ0v) is 12.7. The molecule has 4 nitrogen and oxygen atoms in total. The molecule has 1 heterocycles. The third kappa shape index (κ3) is 4.19. The number of nitrogens with one attached hydrogen (secondary N) is 1. The molecule has 2 rings (SSSR count). The number of aliphatic hydroxyl groups excluding tert-OH is 1. The minimum absolute atomic E-state index is 0.378. The van der Waals surface area contributed by atoms with Gasteiger partial charge in [0.15, 0.2) is 5.88 Å². The summed E-state index contributed by atoms with van der Waals surface area (Å²) >= 11 is 5.79. The van der Waals surface area contributed by atoms with Gasteiger partial charge >= 0.3 is 6.18 Å². The van der Waals surface area contributed by atoms with Crippen molar-refractivity contribution in [1.82, 2.24) is 5.32 Å². The first-order chi connectivity index (χ1) is 10.7. The van der Waals surface area contributed by atoms with E-state index >= 15 is 0 Å². The number of nitrogens with zero attached hydrogens (tertiary/aromatic N) is 1. The van der Waals surface area contributed by atoms with Gasteiger partial charge in [-0.05, 0) is 30.7 Å². The molecule has 8 heteroatoms. The second-order valence-electron chi connectivity index (χ2n) is 5.02. The number of amides is 1. The molecular formula is C15H14ClF3N2O2. The Bertz CT molecular complexity index is 641. The van der Waals surface area contributed by atoms with E-state index in [4.69, 9.17) is 11.6 Å². The lowest BCUT2D eigenvalue weighted by molar-refractivity contribution is -0.123. The van der Waals surface area contributed by atoms with Gasteiger partial charge in [-0.15, -0.1) is 0 Å². The van der Waals surface area contributed by atoms with Crippen molar-refractivity contribution in [2.45, 2.75) is 18.6 Å². The summed E-state index contributed by atoms with van der Waals surface area (Å²) in [5, 5.41) is 12.0. The number of anilines is 1. The lowest BCUT2D eigenvalue weighted by Gasteiger charge is -2.41. The number of hydrogen-bond acceptors (Lipinski definition) is 3. The van der Waals surface area contributed by atoms with Crippen LogP contribution < -0.4 is 10.2 Å². The number of alkyl halides is 3. The number of benzene rings is 1. The Labute approximate surface area is 135 Å². The van der Waals surface area contributed by atoms with Crippen LogP contribution in [-0.2, 0) is 4.79 Å². The van der Waals surface area contributed by atoms with Crippen LogP contribution in [0.25, 0.3) is 0 Å². The van der Waals surface area contributed by atoms with E-state index in [9.17, 15) is 23.1 Å². The molecule has 0 bridgehead atoms. The van der Waals surface area contributed by atoms with Crippen LogP contribution in [0.3, 0.4) is 0 Å². The van der Waals surface area contributed by atoms with Crippen LogP contribution in [0.15, 0.2) is 48.4 Å². The SMILES string of the molecule is C=C(/C=C(\O)NC(=O)[C@@H]1CCN1c1ccc(Cl)cc1)C(F)(F)F. The second kappa shape index (κ2) is 6.54. The van der Waals surface area contributed by atoms with E-state index in [0.29, 0.717) is 24.1 Å². The Hall–Kier alpha value is -2.15. The van der Waals surface area contributed by atoms with Gasteiger partial charge in [-0.3, -0.25) is 10.1 Å². The lowest BCUT2D eigenvalue weighted by Crippen LogP contribution is -2.56. The maximum atomic E-state index is 12.3. The molecule has 1 amide bonds. The first kappa shape index (κ1) is 17.2. The van der Waals surface area contributed by atoms with Crippen LogP contribution in [-0.4, -0.2) is 29.8 Å². The highest BCUT2D eigenvalue weighted by atomic mass is 35.5. The standard InChI is InChI=1S/C15H14ClF3N2O2/c1-9(15(17,18)19)8-13(22)20-14(23)12-6-7-21(12)11-4-2-10(16)3-5-11/h2-5,8,12,22H,1,6-7H2,(H,20,23)/b13-8-/t12-/m0/s1. The highest BCUT2D eigenvalue weighted by Crippen LogP contribution is 2.28. The average Bonchev–Trinajstić information content (AvgIpc) is 2.38. The molecule has 0 spiro atoms. The molecule has 1 aromatic carbocycles. The predicted octanol–water partition coefficient (Wildman–Crippen LogP) is 3.55. The fourth-order valence-corrected chi connectivity index (χ4v) is 2.22. The first-order valence-corrected chi connectivity index (χ1v) is 7.06. The number of halogens is 4. The highest BCUT2D eigenvalue weighted by molar-refractivity contribution is 6.30. The van der Waals surface area contributed by atoms with Crippen molar-refractivity contribution in [2.24, 2.45) is 0 Å². The van der Waals surface area contributed by atoms with E-state index < -0.39 is 29.6 Å². The largest absolute Gasteiger partial charge is 0.495 e. The summed E-state index contributed by atoms with van der Waals surface area (Å²) in [5.74, 6) is -1.48. The molecule has 1 aliphatic rings. The molecule has 23 heavy (non-hydrogen) atoms. The Morgan fingerprint density at radius 3 is 2.48 bits per heavy atom. The van der Waals surface area contributed by atoms with Crippen molar-refractivity contribution < 1.29 is 23.1 Å². The minimum Gasteiger partial charge on any atom is -0.495 e. The zero-order valence-electron chi connectivity index (χ0n) is 11.9. The Balaban J connectivity index is 2.00. The van der Waals surface area contributed by atoms with Crippen molar-refractivity contribution >= 4 is 23.2 Å². The van der Waals surface area contributed by atoms with E-state index in [2.05, 4.69) is 6.58 Å². The van der Waals surface area contributed by atoms with E-state index in [-0.39, 0.29) is 0 Å². The van der Waals surface area contributed by atoms with Crippen LogP contribution >= 0.6 is 11.6 Å². The molecule has 1 aromatic rings. The van der Waals surface area contributed by atoms with E-state index in [1.165, 1.54) is 0 Å². The number of aliphatic hydroxyl groups is 1. The Morgan fingerprint density at radius 1 is 1.39 bits per heavy atom. The molecule has 1 saturated heterocycles. The summed E-state index contributed by atoms with van der Waals surface area (Å²) in [7, 11) is 0. The van der Waals surface area contributed by atoms with E-state index in [1.807, 2.05) is 5.32 Å². The van der Waals surface area contributed by atoms with E-state index in [1.54, 1.807) is 29.2 Å². The lowest BCUT2D eigenvalue weighted by atomic mass is 10.0. The van der Waals surface area contributed by atoms with Crippen molar-refractivity contribution in [3.8, 4) is 0 Å². The van der Waals surface area contributed by atoms with Crippen LogP contribution in [0.4, 0.5) is 18.9 Å². The van der Waals surface area contributed by atoms with Gasteiger partial charge in [-0.25, -0.2) is 0 Å². The summed E-state index contributed by atoms with van der Waals surface area (Å²) in [6, 6.07) is 6.27. The third-order valence-electron chi connectivity index (χ3n) is 3.41. The zero-order chi connectivity index (χ0) is 17.2. The molecule has 1 atom stereocenters. The van der Waals surface area contributed by atoms with Gasteiger partial charge in [0.1, 0.15) is 6.04 Å². The molecule has 124 valence electrons. The number of hydrogen-bond donors (Lipinski definition) is 2. The van der Waals surface area contributed by atoms with Gasteiger partial charge in [0.25, 0.3) is 0 Å². The summed E-state index contributed by atoms with van der Waals surface area (Å²) < 4.78 is 36.9. The number of carbonyl (C=O) groups is 1. The van der Waals surface area contributed by atoms with Gasteiger partial charge in [0, 0.05) is 23.3 Å². The topological polar surface area (TPSA) is 52.6 Å². The molecule has 0 unspecified atom stereocenters. The van der Waals surface area contributed by atoms with E-state index in [0.717, 1.165) is 5.69 Å². The van der Waals surface area contributed by atoms with Crippen LogP contribution in [0.1, 0.15) is 6.42 Å². The normalized spacial score (nSPS) is 18.3. The van der Waals surface area contributed by atoms with Gasteiger partial charge in [-0.1, -0.05) is 18.2 Å². The monoisotopic (exact) mass is 346 g/mol. The molecule has 0 aromatic heterocycles. The van der Waals surface area contributed by atoms with Crippen LogP contribution in [0.2, 0.25) is 5.02 Å². The van der Waals surface area contributed by atoms with Gasteiger partial charge in [-0.2, -0.15) is 13.2 Å². The summed E-state index contributed by atoms with van der Waals surface area (Å²) in [4.78, 5) is 13.8. The first-order valence-electron chi connectivity index (χ1n) is 6.68. The molecule has 0 aliphatic carbocycles. The molecule has 0 saturated carbocycles. The Morgan fingerprint density at radius 2 is 2.00 bits per heavy atom. The minimum atomic E-state index is -4.66. The molecule has 0 radical (unpaired) electrons. The Kier molecular flexibility index (Phi) is 4.89. The molecular weight excluding hydrogens is 333 g/mol. The fourth-order valence-electron chi connectivity index (χ4n) is 2.09. The van der Waals surface area contributed by atoms with Gasteiger partial charge < -0.3 is 10.0 Å². The van der Waals surface area contributed by atoms with Gasteiger partial charge in [0.2, 0.25) is 5.91 Å². The van der Waals surface area contributed by atoms with Crippen molar-refractivity contribution in [3.05, 3.63) is 53.4 Å². The fraction of sp³-hybridized carbons (Fsp3) is 0.267. The second-order valence-corrected chi connectivity index (χ2v) is 5.45. The average molecular weight is 347 g/mol. The number of allylic oxidation sites excluding steroid dienone is 2. The number of rotatable bonds is 4. The van der Waals surface area contributed by atoms with Gasteiger partial charge in [0.05, 0.1) is 5.57 Å². The van der Waals surface area contributed by atoms with Crippen LogP contribution in [0.5, 0.6) is 0 Å². The highest BCUT2D eigenvalue weighted by Gasteiger charge is 2.35. The van der Waals surface area contributed by atoms with Crippen molar-refractivity contribution in [1.29, 1.82) is 0 Å². The van der Waals surface area contributed by atoms with Crippen molar-refractivity contribution in [3.63, 3.8) is 0 Å². The number of carbonyl (C=O) groups excluding carboxylic acids is 1. The summed E-state index contributed by atoms with van der Waals surface area (Å²) in [6.07, 6.45) is -3.75. The maximum absolute atomic E-state index is 12.3. The summed E-state index contributed by atoms with van der Waals surface area (Å²) in [5.41, 5.74) is -0.484. The maximum Gasteiger partial charge on any atom is 0.416 e. The third-order valence-corrected chi connectivity index (χ3v) is 3.66. The summed E-state index contributed by atoms with van der Waals surface area (Å²) in [6.45, 7) is 3.41. The molecule has 1 fully saturated rings. The van der Waals surface area contributed by atoms with Crippen molar-refractivity contribution in [2.75, 3.05) is 11.4 Å². The quantitative estimate of drug-likeness (QED) is 0.647. The smallest absolute Gasteiger partial charge is 0.416 e. The van der Waals surface area contributed by atoms with Crippen LogP contribution in [0, 0.1) is 0 Å².